The Morgan fingerprint density at radius 1 is 1.06 bits per heavy atom. The van der Waals surface area contributed by atoms with Crippen molar-refractivity contribution < 1.29 is 9.21 Å². The number of benzene rings is 1. The molecule has 2 N–H and O–H groups in total. The molecule has 0 radical (unpaired) electrons. The molecular formula is C13H12N2O2. The maximum Gasteiger partial charge on any atom is 0.269 e. The number of nitrogens with one attached hydrogen (secondary N) is 2. The van der Waals surface area contributed by atoms with Crippen LogP contribution in [0.1, 0.15) is 15.9 Å². The highest BCUT2D eigenvalue weighted by molar-refractivity contribution is 5.94. The highest BCUT2D eigenvalue weighted by Gasteiger charge is 2.05. The Morgan fingerprint density at radius 3 is 2.47 bits per heavy atom. The predicted molar refractivity (Wildman–Crippen MR) is 64.8 cm³/mol. The Balaban J connectivity index is 1.91. The quantitative estimate of drug-likeness (QED) is 0.789. The number of rotatable bonds is 4. The van der Waals surface area contributed by atoms with E-state index in [1.807, 2.05) is 6.07 Å². The summed E-state index contributed by atoms with van der Waals surface area (Å²) in [5.74, 6) is -0.213. The molecule has 0 atom stereocenters. The molecular weight excluding hydrogens is 216 g/mol. The van der Waals surface area contributed by atoms with Crippen LogP contribution in [0.25, 0.3) is 5.70 Å². The molecule has 0 fully saturated rings. The van der Waals surface area contributed by atoms with E-state index in [4.69, 9.17) is 4.42 Å². The van der Waals surface area contributed by atoms with Gasteiger partial charge in [-0.25, -0.2) is 0 Å². The summed E-state index contributed by atoms with van der Waals surface area (Å²) in [5, 5.41) is 0. The molecule has 1 heterocycles. The van der Waals surface area contributed by atoms with E-state index in [0.717, 1.165) is 5.56 Å². The first-order valence-corrected chi connectivity index (χ1v) is 5.10. The lowest BCUT2D eigenvalue weighted by Crippen LogP contribution is -2.35. The molecule has 4 nitrogen and oxygen atoms in total. The van der Waals surface area contributed by atoms with Crippen molar-refractivity contribution in [1.29, 1.82) is 0 Å². The van der Waals surface area contributed by atoms with Crippen LogP contribution in [0.4, 0.5) is 0 Å². The first-order valence-electron chi connectivity index (χ1n) is 5.10. The fourth-order valence-corrected chi connectivity index (χ4v) is 1.30. The van der Waals surface area contributed by atoms with Gasteiger partial charge in [0.05, 0.1) is 18.2 Å². The average molecular weight is 228 g/mol. The van der Waals surface area contributed by atoms with Crippen LogP contribution >= 0.6 is 0 Å². The van der Waals surface area contributed by atoms with Gasteiger partial charge in [-0.2, -0.15) is 0 Å². The third-order valence-corrected chi connectivity index (χ3v) is 2.23. The third-order valence-electron chi connectivity index (χ3n) is 2.23. The Hall–Kier alpha value is -2.49. The molecule has 1 aromatic carbocycles. The number of hydrazine groups is 1. The second kappa shape index (κ2) is 5.03. The summed E-state index contributed by atoms with van der Waals surface area (Å²) in [6.07, 6.45) is 3.09. The van der Waals surface area contributed by atoms with E-state index >= 15 is 0 Å². The molecule has 0 aliphatic rings. The van der Waals surface area contributed by atoms with Crippen molar-refractivity contribution in [2.24, 2.45) is 0 Å². The zero-order valence-corrected chi connectivity index (χ0v) is 9.14. The molecule has 0 saturated carbocycles. The molecule has 2 rings (SSSR count). The normalized spacial score (nSPS) is 9.65. The van der Waals surface area contributed by atoms with Crippen LogP contribution in [-0.2, 0) is 0 Å². The number of carbonyl (C=O) groups is 1. The SMILES string of the molecule is C=C(NNC(=O)c1ccccc1)c1ccoc1. The van der Waals surface area contributed by atoms with E-state index < -0.39 is 0 Å². The lowest BCUT2D eigenvalue weighted by atomic mass is 10.2. The summed E-state index contributed by atoms with van der Waals surface area (Å²) in [6.45, 7) is 3.78. The summed E-state index contributed by atoms with van der Waals surface area (Å²) in [6, 6.07) is 10.7. The van der Waals surface area contributed by atoms with Gasteiger partial charge in [-0.1, -0.05) is 24.8 Å². The van der Waals surface area contributed by atoms with Crippen molar-refractivity contribution in [2.75, 3.05) is 0 Å². The van der Waals surface area contributed by atoms with Gasteiger partial charge >= 0.3 is 0 Å². The predicted octanol–water partition coefficient (Wildman–Crippen LogP) is 2.18. The fraction of sp³-hybridized carbons (Fsp3) is 0. The van der Waals surface area contributed by atoms with Gasteiger partial charge in [-0.15, -0.1) is 0 Å². The Morgan fingerprint density at radius 2 is 1.82 bits per heavy atom. The van der Waals surface area contributed by atoms with Crippen LogP contribution in [0.2, 0.25) is 0 Å². The first-order chi connectivity index (χ1) is 8.27. The van der Waals surface area contributed by atoms with Crippen LogP contribution in [-0.4, -0.2) is 5.91 Å². The van der Waals surface area contributed by atoms with Gasteiger partial charge in [0.1, 0.15) is 0 Å². The van der Waals surface area contributed by atoms with Gasteiger partial charge in [0.2, 0.25) is 0 Å². The molecule has 17 heavy (non-hydrogen) atoms. The lowest BCUT2D eigenvalue weighted by Gasteiger charge is -2.09. The lowest BCUT2D eigenvalue weighted by molar-refractivity contribution is 0.0942. The van der Waals surface area contributed by atoms with Crippen molar-refractivity contribution in [2.45, 2.75) is 0 Å². The highest BCUT2D eigenvalue weighted by atomic mass is 16.3. The van der Waals surface area contributed by atoms with Gasteiger partial charge in [-0.3, -0.25) is 15.6 Å². The van der Waals surface area contributed by atoms with E-state index in [-0.39, 0.29) is 5.91 Å². The Kier molecular flexibility index (Phi) is 3.25. The van der Waals surface area contributed by atoms with Crippen LogP contribution in [0.15, 0.2) is 59.9 Å². The smallest absolute Gasteiger partial charge is 0.269 e. The topological polar surface area (TPSA) is 54.3 Å². The molecule has 0 aliphatic carbocycles. The molecule has 0 saturated heterocycles. The Bertz CT molecular complexity index is 503. The van der Waals surface area contributed by atoms with Crippen LogP contribution < -0.4 is 10.9 Å². The summed E-state index contributed by atoms with van der Waals surface area (Å²) >= 11 is 0. The van der Waals surface area contributed by atoms with E-state index in [0.29, 0.717) is 11.3 Å². The van der Waals surface area contributed by atoms with Crippen LogP contribution in [0.3, 0.4) is 0 Å². The monoisotopic (exact) mass is 228 g/mol. The number of hydrogen-bond acceptors (Lipinski definition) is 3. The molecule has 0 spiro atoms. The number of hydrogen-bond donors (Lipinski definition) is 2. The van der Waals surface area contributed by atoms with Gasteiger partial charge in [-0.05, 0) is 18.2 Å². The molecule has 1 amide bonds. The fourth-order valence-electron chi connectivity index (χ4n) is 1.30. The number of amides is 1. The second-order valence-electron chi connectivity index (χ2n) is 3.44. The summed E-state index contributed by atoms with van der Waals surface area (Å²) in [7, 11) is 0. The van der Waals surface area contributed by atoms with E-state index in [1.54, 1.807) is 42.9 Å². The molecule has 0 unspecified atom stereocenters. The second-order valence-corrected chi connectivity index (χ2v) is 3.44. The zero-order chi connectivity index (χ0) is 12.1. The Labute approximate surface area is 98.9 Å². The molecule has 2 aromatic rings. The molecule has 1 aromatic heterocycles. The van der Waals surface area contributed by atoms with Crippen molar-refractivity contribution in [1.82, 2.24) is 10.9 Å². The standard InChI is InChI=1S/C13H12N2O2/c1-10(12-7-8-17-9-12)14-15-13(16)11-5-3-2-4-6-11/h2-9,14H,1H2,(H,15,16). The maximum atomic E-state index is 11.7. The zero-order valence-electron chi connectivity index (χ0n) is 9.14. The van der Waals surface area contributed by atoms with E-state index in [9.17, 15) is 4.79 Å². The van der Waals surface area contributed by atoms with Gasteiger partial charge in [0.25, 0.3) is 5.91 Å². The minimum absolute atomic E-state index is 0.213. The van der Waals surface area contributed by atoms with Crippen molar-refractivity contribution >= 4 is 11.6 Å². The summed E-state index contributed by atoms with van der Waals surface area (Å²) in [4.78, 5) is 11.7. The van der Waals surface area contributed by atoms with Gasteiger partial charge < -0.3 is 4.42 Å². The van der Waals surface area contributed by atoms with E-state index in [1.165, 1.54) is 0 Å². The largest absolute Gasteiger partial charge is 0.472 e. The third kappa shape index (κ3) is 2.75. The highest BCUT2D eigenvalue weighted by Crippen LogP contribution is 2.08. The summed E-state index contributed by atoms with van der Waals surface area (Å²) < 4.78 is 4.91. The molecule has 86 valence electrons. The van der Waals surface area contributed by atoms with Crippen LogP contribution in [0, 0.1) is 0 Å². The number of furan rings is 1. The minimum atomic E-state index is -0.213. The van der Waals surface area contributed by atoms with Crippen LogP contribution in [0.5, 0.6) is 0 Å². The minimum Gasteiger partial charge on any atom is -0.472 e. The van der Waals surface area contributed by atoms with Gasteiger partial charge in [0.15, 0.2) is 0 Å². The average Bonchev–Trinajstić information content (AvgIpc) is 2.90. The maximum absolute atomic E-state index is 11.7. The first kappa shape index (κ1) is 11.0. The van der Waals surface area contributed by atoms with Crippen molar-refractivity contribution in [3.05, 3.63) is 66.6 Å². The van der Waals surface area contributed by atoms with Crippen molar-refractivity contribution in [3.63, 3.8) is 0 Å². The van der Waals surface area contributed by atoms with Gasteiger partial charge in [0, 0.05) is 11.1 Å². The summed E-state index contributed by atoms with van der Waals surface area (Å²) in [5.41, 5.74) is 7.23. The molecule has 4 heteroatoms. The molecule has 0 aliphatic heterocycles. The van der Waals surface area contributed by atoms with Crippen molar-refractivity contribution in [3.8, 4) is 0 Å². The van der Waals surface area contributed by atoms with E-state index in [2.05, 4.69) is 17.4 Å². The molecule has 0 bridgehead atoms. The number of carbonyl (C=O) groups excluding carboxylic acids is 1.